The Hall–Kier alpha value is -2.44. The van der Waals surface area contributed by atoms with Crippen molar-refractivity contribution in [2.24, 2.45) is 0 Å². The van der Waals surface area contributed by atoms with Crippen LogP contribution in [0.25, 0.3) is 0 Å². The normalized spacial score (nSPS) is 10.3. The van der Waals surface area contributed by atoms with E-state index in [4.69, 9.17) is 0 Å². The van der Waals surface area contributed by atoms with Crippen molar-refractivity contribution in [3.05, 3.63) is 30.1 Å². The molecule has 0 aliphatic rings. The van der Waals surface area contributed by atoms with Crippen molar-refractivity contribution in [1.82, 2.24) is 19.9 Å². The number of nitrogens with zero attached hydrogens (tertiary/aromatic N) is 6. The van der Waals surface area contributed by atoms with Crippen LogP contribution in [0.5, 0.6) is 0 Å². The van der Waals surface area contributed by atoms with Gasteiger partial charge in [0, 0.05) is 46.6 Å². The number of nitrogens with one attached hydrogen (secondary N) is 1. The maximum atomic E-state index is 4.49. The van der Waals surface area contributed by atoms with Crippen LogP contribution in [0, 0.1) is 0 Å². The first-order valence-electron chi connectivity index (χ1n) is 6.87. The molecular formula is C14H21N7. The Bertz CT molecular complexity index is 571. The summed E-state index contributed by atoms with van der Waals surface area (Å²) >= 11 is 0. The van der Waals surface area contributed by atoms with E-state index in [2.05, 4.69) is 25.3 Å². The van der Waals surface area contributed by atoms with Gasteiger partial charge in [-0.2, -0.15) is 15.0 Å². The fraction of sp³-hybridized carbons (Fsp3) is 0.429. The minimum atomic E-state index is 0.591. The lowest BCUT2D eigenvalue weighted by Gasteiger charge is -2.20. The zero-order chi connectivity index (χ0) is 15.2. The lowest BCUT2D eigenvalue weighted by molar-refractivity contribution is 0.840. The smallest absolute Gasteiger partial charge is 0.232 e. The minimum absolute atomic E-state index is 0.591. The van der Waals surface area contributed by atoms with Gasteiger partial charge < -0.3 is 15.1 Å². The SMILES string of the molecule is CCNc1nc(N(C)C)nc(N(C)Cc2ccncc2)n1. The third-order valence-electron chi connectivity index (χ3n) is 2.86. The highest BCUT2D eigenvalue weighted by molar-refractivity contribution is 5.44. The van der Waals surface area contributed by atoms with Crippen LogP contribution in [0.4, 0.5) is 17.8 Å². The van der Waals surface area contributed by atoms with Crippen LogP contribution in [0.1, 0.15) is 12.5 Å². The van der Waals surface area contributed by atoms with Crippen molar-refractivity contribution in [1.29, 1.82) is 0 Å². The van der Waals surface area contributed by atoms with Crippen LogP contribution < -0.4 is 15.1 Å². The Labute approximate surface area is 125 Å². The van der Waals surface area contributed by atoms with E-state index in [0.717, 1.165) is 12.1 Å². The summed E-state index contributed by atoms with van der Waals surface area (Å²) in [5, 5.41) is 3.14. The van der Waals surface area contributed by atoms with Crippen molar-refractivity contribution in [3.8, 4) is 0 Å². The average Bonchev–Trinajstić information content (AvgIpc) is 2.48. The van der Waals surface area contributed by atoms with E-state index in [1.165, 1.54) is 0 Å². The molecule has 0 saturated carbocycles. The highest BCUT2D eigenvalue weighted by atomic mass is 15.3. The van der Waals surface area contributed by atoms with E-state index >= 15 is 0 Å². The topological polar surface area (TPSA) is 70.1 Å². The lowest BCUT2D eigenvalue weighted by Crippen LogP contribution is -2.23. The van der Waals surface area contributed by atoms with Crippen LogP contribution >= 0.6 is 0 Å². The first-order valence-corrected chi connectivity index (χ1v) is 6.87. The molecule has 7 heteroatoms. The Morgan fingerprint density at radius 1 is 1.00 bits per heavy atom. The molecule has 112 valence electrons. The van der Waals surface area contributed by atoms with Gasteiger partial charge >= 0.3 is 0 Å². The molecule has 0 fully saturated rings. The van der Waals surface area contributed by atoms with E-state index in [0.29, 0.717) is 24.4 Å². The predicted octanol–water partition coefficient (Wildman–Crippen LogP) is 1.40. The summed E-state index contributed by atoms with van der Waals surface area (Å²) in [6, 6.07) is 3.96. The molecule has 21 heavy (non-hydrogen) atoms. The van der Waals surface area contributed by atoms with Crippen LogP contribution in [0.15, 0.2) is 24.5 Å². The van der Waals surface area contributed by atoms with E-state index in [-0.39, 0.29) is 0 Å². The van der Waals surface area contributed by atoms with Crippen molar-refractivity contribution in [2.45, 2.75) is 13.5 Å². The summed E-state index contributed by atoms with van der Waals surface area (Å²) in [6.45, 7) is 3.49. The minimum Gasteiger partial charge on any atom is -0.354 e. The quantitative estimate of drug-likeness (QED) is 0.861. The molecule has 0 saturated heterocycles. The van der Waals surface area contributed by atoms with Crippen molar-refractivity contribution in [3.63, 3.8) is 0 Å². The summed E-state index contributed by atoms with van der Waals surface area (Å²) in [7, 11) is 5.79. The van der Waals surface area contributed by atoms with Crippen LogP contribution in [-0.4, -0.2) is 47.6 Å². The molecule has 0 aromatic carbocycles. The molecule has 2 aromatic heterocycles. The first kappa shape index (κ1) is 15.0. The standard InChI is InChI=1S/C14H21N7/c1-5-16-12-17-13(20(2)3)19-14(18-12)21(4)10-11-6-8-15-9-7-11/h6-9H,5,10H2,1-4H3,(H,16,17,18,19). The Kier molecular flexibility index (Phi) is 4.86. The molecule has 2 heterocycles. The van der Waals surface area contributed by atoms with Crippen molar-refractivity contribution < 1.29 is 0 Å². The molecule has 0 atom stereocenters. The fourth-order valence-corrected chi connectivity index (χ4v) is 1.79. The van der Waals surface area contributed by atoms with E-state index in [1.54, 1.807) is 12.4 Å². The second-order valence-electron chi connectivity index (χ2n) is 4.90. The fourth-order valence-electron chi connectivity index (χ4n) is 1.79. The first-order chi connectivity index (χ1) is 10.1. The Morgan fingerprint density at radius 3 is 2.29 bits per heavy atom. The number of hydrogen-bond acceptors (Lipinski definition) is 7. The van der Waals surface area contributed by atoms with Gasteiger partial charge in [0.25, 0.3) is 0 Å². The number of aromatic nitrogens is 4. The number of anilines is 3. The second-order valence-corrected chi connectivity index (χ2v) is 4.90. The molecule has 0 aliphatic heterocycles. The van der Waals surface area contributed by atoms with E-state index in [1.807, 2.05) is 50.0 Å². The molecule has 0 unspecified atom stereocenters. The average molecular weight is 287 g/mol. The number of hydrogen-bond donors (Lipinski definition) is 1. The molecule has 0 bridgehead atoms. The maximum absolute atomic E-state index is 4.49. The summed E-state index contributed by atoms with van der Waals surface area (Å²) < 4.78 is 0. The van der Waals surface area contributed by atoms with Gasteiger partial charge in [0.2, 0.25) is 17.8 Å². The van der Waals surface area contributed by atoms with Gasteiger partial charge in [-0.25, -0.2) is 0 Å². The predicted molar refractivity (Wildman–Crippen MR) is 84.7 cm³/mol. The third-order valence-corrected chi connectivity index (χ3v) is 2.86. The van der Waals surface area contributed by atoms with Crippen LogP contribution in [0.2, 0.25) is 0 Å². The van der Waals surface area contributed by atoms with E-state index < -0.39 is 0 Å². The molecule has 0 aliphatic carbocycles. The van der Waals surface area contributed by atoms with Gasteiger partial charge in [0.05, 0.1) is 0 Å². The third kappa shape index (κ3) is 4.01. The highest BCUT2D eigenvalue weighted by Crippen LogP contribution is 2.15. The largest absolute Gasteiger partial charge is 0.354 e. The summed E-state index contributed by atoms with van der Waals surface area (Å²) in [4.78, 5) is 21.2. The highest BCUT2D eigenvalue weighted by Gasteiger charge is 2.11. The molecule has 1 N–H and O–H groups in total. The maximum Gasteiger partial charge on any atom is 0.232 e. The molecule has 2 aromatic rings. The van der Waals surface area contributed by atoms with Gasteiger partial charge in [-0.15, -0.1) is 0 Å². The van der Waals surface area contributed by atoms with Gasteiger partial charge in [-0.3, -0.25) is 4.98 Å². The van der Waals surface area contributed by atoms with Gasteiger partial charge in [0.1, 0.15) is 0 Å². The summed E-state index contributed by atoms with van der Waals surface area (Å²) in [5.41, 5.74) is 1.16. The lowest BCUT2D eigenvalue weighted by atomic mass is 10.2. The van der Waals surface area contributed by atoms with Gasteiger partial charge in [0.15, 0.2) is 0 Å². The second kappa shape index (κ2) is 6.83. The summed E-state index contributed by atoms with van der Waals surface area (Å²) in [6.07, 6.45) is 3.57. The van der Waals surface area contributed by atoms with E-state index in [9.17, 15) is 0 Å². The molecule has 2 rings (SSSR count). The zero-order valence-electron chi connectivity index (χ0n) is 12.9. The molecule has 7 nitrogen and oxygen atoms in total. The Balaban J connectivity index is 2.24. The molecule has 0 radical (unpaired) electrons. The Morgan fingerprint density at radius 2 is 1.67 bits per heavy atom. The van der Waals surface area contributed by atoms with Crippen molar-refractivity contribution >= 4 is 17.8 Å². The van der Waals surface area contributed by atoms with Crippen molar-refractivity contribution in [2.75, 3.05) is 42.8 Å². The molecular weight excluding hydrogens is 266 g/mol. The molecule has 0 spiro atoms. The monoisotopic (exact) mass is 287 g/mol. The van der Waals surface area contributed by atoms with Crippen LogP contribution in [-0.2, 0) is 6.54 Å². The number of rotatable bonds is 6. The van der Waals surface area contributed by atoms with Gasteiger partial charge in [-0.05, 0) is 24.6 Å². The van der Waals surface area contributed by atoms with Gasteiger partial charge in [-0.1, -0.05) is 0 Å². The van der Waals surface area contributed by atoms with Crippen LogP contribution in [0.3, 0.4) is 0 Å². The molecule has 0 amide bonds. The summed E-state index contributed by atoms with van der Waals surface area (Å²) in [5.74, 6) is 1.87. The number of pyridine rings is 1. The zero-order valence-corrected chi connectivity index (χ0v) is 12.9.